The largest absolute Gasteiger partial charge is 0.488 e. The molecule has 0 aliphatic rings. The number of ether oxygens (including phenoxy) is 1. The van der Waals surface area contributed by atoms with Crippen molar-refractivity contribution in [2.75, 3.05) is 0 Å². The van der Waals surface area contributed by atoms with E-state index < -0.39 is 0 Å². The number of hydrogen-bond acceptors (Lipinski definition) is 1. The smallest absolute Gasteiger partial charge is 0.134 e. The van der Waals surface area contributed by atoms with E-state index in [0.29, 0.717) is 11.6 Å². The van der Waals surface area contributed by atoms with E-state index >= 15 is 0 Å². The molecule has 17 heavy (non-hydrogen) atoms. The van der Waals surface area contributed by atoms with Gasteiger partial charge in [0.25, 0.3) is 0 Å². The zero-order chi connectivity index (χ0) is 12.3. The van der Waals surface area contributed by atoms with Crippen LogP contribution in [0, 0.1) is 10.5 Å². The maximum atomic E-state index is 5.95. The Morgan fingerprint density at radius 2 is 1.94 bits per heavy atom. The Morgan fingerprint density at radius 3 is 2.71 bits per heavy atom. The molecule has 0 radical (unpaired) electrons. The molecule has 0 atom stereocenters. The zero-order valence-corrected chi connectivity index (χ0v) is 12.3. The lowest BCUT2D eigenvalue weighted by Gasteiger charge is -2.10. The van der Waals surface area contributed by atoms with E-state index in [1.165, 1.54) is 11.1 Å². The van der Waals surface area contributed by atoms with Crippen LogP contribution in [-0.2, 0) is 6.61 Å². The summed E-state index contributed by atoms with van der Waals surface area (Å²) in [4.78, 5) is 0. The number of hydrogen-bond donors (Lipinski definition) is 0. The topological polar surface area (TPSA) is 9.23 Å². The fourth-order valence-corrected chi connectivity index (χ4v) is 2.17. The summed E-state index contributed by atoms with van der Waals surface area (Å²) in [5.41, 5.74) is 2.44. The first-order valence-electron chi connectivity index (χ1n) is 5.29. The van der Waals surface area contributed by atoms with E-state index in [-0.39, 0.29) is 0 Å². The van der Waals surface area contributed by atoms with E-state index in [0.717, 1.165) is 9.32 Å². The van der Waals surface area contributed by atoms with Crippen molar-refractivity contribution in [1.82, 2.24) is 0 Å². The Balaban J connectivity index is 2.12. The lowest BCUT2D eigenvalue weighted by atomic mass is 10.1. The first-order valence-corrected chi connectivity index (χ1v) is 6.75. The molecule has 2 rings (SSSR count). The SMILES string of the molecule is Cc1ccccc1COc1cc(Cl)ccc1I. The van der Waals surface area contributed by atoms with Gasteiger partial charge in [-0.3, -0.25) is 0 Å². The fourth-order valence-electron chi connectivity index (χ4n) is 1.52. The van der Waals surface area contributed by atoms with Crippen LogP contribution >= 0.6 is 34.2 Å². The summed E-state index contributed by atoms with van der Waals surface area (Å²) >= 11 is 8.19. The number of aryl methyl sites for hydroxylation is 1. The molecule has 0 N–H and O–H groups in total. The molecule has 2 aromatic rings. The summed E-state index contributed by atoms with van der Waals surface area (Å²) in [6.45, 7) is 2.66. The maximum Gasteiger partial charge on any atom is 0.134 e. The summed E-state index contributed by atoms with van der Waals surface area (Å²) in [6.07, 6.45) is 0. The van der Waals surface area contributed by atoms with Gasteiger partial charge in [-0.15, -0.1) is 0 Å². The highest BCUT2D eigenvalue weighted by atomic mass is 127. The molecular weight excluding hydrogens is 347 g/mol. The third-order valence-corrected chi connectivity index (χ3v) is 3.66. The lowest BCUT2D eigenvalue weighted by Crippen LogP contribution is -1.98. The maximum absolute atomic E-state index is 5.95. The van der Waals surface area contributed by atoms with Crippen LogP contribution in [0.1, 0.15) is 11.1 Å². The summed E-state index contributed by atoms with van der Waals surface area (Å²) in [5.74, 6) is 0.835. The van der Waals surface area contributed by atoms with Crippen LogP contribution in [0.25, 0.3) is 0 Å². The summed E-state index contributed by atoms with van der Waals surface area (Å²) < 4.78 is 6.86. The Hall–Kier alpha value is -0.740. The van der Waals surface area contributed by atoms with Gasteiger partial charge in [-0.2, -0.15) is 0 Å². The highest BCUT2D eigenvalue weighted by Crippen LogP contribution is 2.25. The quantitative estimate of drug-likeness (QED) is 0.714. The molecule has 0 fully saturated rings. The van der Waals surface area contributed by atoms with Crippen LogP contribution in [0.3, 0.4) is 0 Å². The van der Waals surface area contributed by atoms with Crippen LogP contribution in [0.15, 0.2) is 42.5 Å². The molecule has 0 aliphatic carbocycles. The van der Waals surface area contributed by atoms with Gasteiger partial charge in [0.2, 0.25) is 0 Å². The van der Waals surface area contributed by atoms with Crippen molar-refractivity contribution in [2.24, 2.45) is 0 Å². The summed E-state index contributed by atoms with van der Waals surface area (Å²) in [5, 5.41) is 0.699. The van der Waals surface area contributed by atoms with E-state index in [9.17, 15) is 0 Å². The second-order valence-electron chi connectivity index (χ2n) is 3.79. The van der Waals surface area contributed by atoms with Crippen molar-refractivity contribution in [3.63, 3.8) is 0 Å². The standard InChI is InChI=1S/C14H12ClIO/c1-10-4-2-3-5-11(10)9-17-14-8-12(15)6-7-13(14)16/h2-8H,9H2,1H3. The third-order valence-electron chi connectivity index (χ3n) is 2.54. The molecule has 0 spiro atoms. The van der Waals surface area contributed by atoms with Gasteiger partial charge >= 0.3 is 0 Å². The Kier molecular flexibility index (Phi) is 4.29. The Bertz CT molecular complexity index is 525. The van der Waals surface area contributed by atoms with E-state index in [4.69, 9.17) is 16.3 Å². The van der Waals surface area contributed by atoms with Crippen LogP contribution in [0.4, 0.5) is 0 Å². The molecule has 0 aliphatic heterocycles. The molecule has 0 aromatic heterocycles. The third kappa shape index (κ3) is 3.36. The van der Waals surface area contributed by atoms with Crippen LogP contribution in [-0.4, -0.2) is 0 Å². The van der Waals surface area contributed by atoms with E-state index in [1.54, 1.807) is 0 Å². The van der Waals surface area contributed by atoms with Gasteiger partial charge in [0.15, 0.2) is 0 Å². The van der Waals surface area contributed by atoms with Crippen molar-refractivity contribution in [1.29, 1.82) is 0 Å². The fraction of sp³-hybridized carbons (Fsp3) is 0.143. The van der Waals surface area contributed by atoms with Crippen molar-refractivity contribution in [3.8, 4) is 5.75 Å². The molecule has 1 nitrogen and oxygen atoms in total. The van der Waals surface area contributed by atoms with Gasteiger partial charge in [-0.25, -0.2) is 0 Å². The van der Waals surface area contributed by atoms with Crippen LogP contribution in [0.5, 0.6) is 5.75 Å². The van der Waals surface area contributed by atoms with E-state index in [1.807, 2.05) is 30.3 Å². The molecule has 0 unspecified atom stereocenters. The van der Waals surface area contributed by atoms with E-state index in [2.05, 4.69) is 41.6 Å². The molecular formula is C14H12ClIO. The average molecular weight is 359 g/mol. The minimum absolute atomic E-state index is 0.572. The molecule has 0 heterocycles. The monoisotopic (exact) mass is 358 g/mol. The van der Waals surface area contributed by atoms with Crippen LogP contribution < -0.4 is 4.74 Å². The van der Waals surface area contributed by atoms with Gasteiger partial charge in [-0.1, -0.05) is 35.9 Å². The van der Waals surface area contributed by atoms with Gasteiger partial charge in [0.1, 0.15) is 12.4 Å². The first-order chi connectivity index (χ1) is 8.16. The molecule has 0 saturated heterocycles. The Morgan fingerprint density at radius 1 is 1.18 bits per heavy atom. The average Bonchev–Trinajstić information content (AvgIpc) is 2.32. The molecule has 2 aromatic carbocycles. The predicted octanol–water partition coefficient (Wildman–Crippen LogP) is 4.83. The highest BCUT2D eigenvalue weighted by Gasteiger charge is 2.03. The molecule has 3 heteroatoms. The first kappa shape index (κ1) is 12.7. The molecule has 0 saturated carbocycles. The molecule has 0 bridgehead atoms. The van der Waals surface area contributed by atoms with Crippen molar-refractivity contribution in [3.05, 3.63) is 62.2 Å². The summed E-state index contributed by atoms with van der Waals surface area (Å²) in [7, 11) is 0. The van der Waals surface area contributed by atoms with Crippen molar-refractivity contribution < 1.29 is 4.74 Å². The van der Waals surface area contributed by atoms with Gasteiger partial charge in [0, 0.05) is 5.02 Å². The minimum atomic E-state index is 0.572. The summed E-state index contributed by atoms with van der Waals surface area (Å²) in [6, 6.07) is 13.9. The molecule has 0 amide bonds. The highest BCUT2D eigenvalue weighted by molar-refractivity contribution is 14.1. The zero-order valence-electron chi connectivity index (χ0n) is 9.41. The van der Waals surface area contributed by atoms with Crippen LogP contribution in [0.2, 0.25) is 5.02 Å². The second kappa shape index (κ2) is 5.74. The number of benzene rings is 2. The minimum Gasteiger partial charge on any atom is -0.488 e. The normalized spacial score (nSPS) is 10.3. The Labute approximate surface area is 120 Å². The van der Waals surface area contributed by atoms with Gasteiger partial charge in [-0.05, 0) is 58.8 Å². The van der Waals surface area contributed by atoms with Crippen molar-refractivity contribution >= 4 is 34.2 Å². The number of halogens is 2. The second-order valence-corrected chi connectivity index (χ2v) is 5.39. The van der Waals surface area contributed by atoms with Crippen molar-refractivity contribution in [2.45, 2.75) is 13.5 Å². The van der Waals surface area contributed by atoms with Gasteiger partial charge < -0.3 is 4.74 Å². The molecule has 88 valence electrons. The number of rotatable bonds is 3. The van der Waals surface area contributed by atoms with Gasteiger partial charge in [0.05, 0.1) is 3.57 Å². The lowest BCUT2D eigenvalue weighted by molar-refractivity contribution is 0.303. The predicted molar refractivity (Wildman–Crippen MR) is 79.7 cm³/mol.